The third-order valence-corrected chi connectivity index (χ3v) is 4.41. The van der Waals surface area contributed by atoms with Crippen LogP contribution in [0.25, 0.3) is 0 Å². The van der Waals surface area contributed by atoms with Crippen LogP contribution in [0, 0.1) is 5.82 Å². The highest BCUT2D eigenvalue weighted by atomic mass is 19.1. The molecule has 0 saturated carbocycles. The number of benzene rings is 2. The summed E-state index contributed by atoms with van der Waals surface area (Å²) in [5.41, 5.74) is 2.94. The van der Waals surface area contributed by atoms with Crippen molar-refractivity contribution in [1.29, 1.82) is 0 Å². The number of hydrogen-bond acceptors (Lipinski definition) is 3. The average Bonchev–Trinajstić information content (AvgIpc) is 2.65. The van der Waals surface area contributed by atoms with E-state index in [1.807, 2.05) is 31.3 Å². The fourth-order valence-electron chi connectivity index (χ4n) is 3.07. The second kappa shape index (κ2) is 8.78. The van der Waals surface area contributed by atoms with E-state index in [0.29, 0.717) is 13.1 Å². The Kier molecular flexibility index (Phi) is 6.20. The zero-order valence-electron chi connectivity index (χ0n) is 15.0. The Morgan fingerprint density at radius 1 is 1.12 bits per heavy atom. The topological polar surface area (TPSA) is 46.0 Å². The Morgan fingerprint density at radius 2 is 1.77 bits per heavy atom. The molecule has 1 atom stereocenters. The molecule has 1 aliphatic heterocycles. The summed E-state index contributed by atoms with van der Waals surface area (Å²) in [6, 6.07) is 14.3. The van der Waals surface area contributed by atoms with Crippen molar-refractivity contribution in [1.82, 2.24) is 0 Å². The molecule has 1 aliphatic rings. The van der Waals surface area contributed by atoms with Gasteiger partial charge in [-0.2, -0.15) is 0 Å². The number of quaternary nitrogens is 1. The van der Waals surface area contributed by atoms with Crippen LogP contribution < -0.4 is 15.1 Å². The normalized spacial score (nSPS) is 15.5. The molecule has 1 heterocycles. The van der Waals surface area contributed by atoms with Crippen LogP contribution in [0.4, 0.5) is 15.8 Å². The van der Waals surface area contributed by atoms with E-state index < -0.39 is 0 Å². The first kappa shape index (κ1) is 18.4. The molecule has 5 nitrogen and oxygen atoms in total. The minimum absolute atomic E-state index is 0.0382. The van der Waals surface area contributed by atoms with Crippen molar-refractivity contribution < 1.29 is 18.8 Å². The van der Waals surface area contributed by atoms with Crippen LogP contribution in [0.2, 0.25) is 0 Å². The van der Waals surface area contributed by atoms with Gasteiger partial charge in [0.25, 0.3) is 5.91 Å². The van der Waals surface area contributed by atoms with Crippen LogP contribution in [0.1, 0.15) is 5.56 Å². The number of likely N-dealkylation sites (N-methyl/N-ethyl adjacent to an activating group) is 1. The lowest BCUT2D eigenvalue weighted by atomic mass is 10.2. The Labute approximate surface area is 153 Å². The van der Waals surface area contributed by atoms with Crippen LogP contribution in [0.15, 0.2) is 48.5 Å². The Morgan fingerprint density at radius 3 is 2.42 bits per heavy atom. The molecule has 1 saturated heterocycles. The first-order valence-electron chi connectivity index (χ1n) is 8.88. The quantitative estimate of drug-likeness (QED) is 0.819. The van der Waals surface area contributed by atoms with E-state index in [9.17, 15) is 9.18 Å². The Balaban J connectivity index is 1.48. The number of hydrogen-bond donors (Lipinski definition) is 2. The fourth-order valence-corrected chi connectivity index (χ4v) is 3.07. The van der Waals surface area contributed by atoms with Crippen LogP contribution in [-0.2, 0) is 16.1 Å². The molecule has 1 amide bonds. The molecule has 0 aliphatic carbocycles. The molecule has 26 heavy (non-hydrogen) atoms. The summed E-state index contributed by atoms with van der Waals surface area (Å²) >= 11 is 0. The zero-order valence-corrected chi connectivity index (χ0v) is 15.0. The lowest BCUT2D eigenvalue weighted by Gasteiger charge is -2.28. The van der Waals surface area contributed by atoms with Gasteiger partial charge in [0.1, 0.15) is 12.4 Å². The van der Waals surface area contributed by atoms with E-state index in [0.717, 1.165) is 48.1 Å². The van der Waals surface area contributed by atoms with Crippen molar-refractivity contribution in [3.8, 4) is 0 Å². The molecule has 1 unspecified atom stereocenters. The SMILES string of the molecule is C[NH+](CC(=O)Nc1ccc(N2CCOCC2)cc1)Cc1ccc(F)cc1. The number of anilines is 2. The van der Waals surface area contributed by atoms with E-state index in [4.69, 9.17) is 4.74 Å². The molecular weight excluding hydrogens is 333 g/mol. The first-order valence-corrected chi connectivity index (χ1v) is 8.88. The number of nitrogens with one attached hydrogen (secondary N) is 2. The van der Waals surface area contributed by atoms with Crippen LogP contribution in [0.3, 0.4) is 0 Å². The van der Waals surface area contributed by atoms with E-state index in [2.05, 4.69) is 10.2 Å². The highest BCUT2D eigenvalue weighted by Crippen LogP contribution is 2.18. The van der Waals surface area contributed by atoms with Crippen LogP contribution in [0.5, 0.6) is 0 Å². The minimum atomic E-state index is -0.246. The molecule has 0 bridgehead atoms. The predicted molar refractivity (Wildman–Crippen MR) is 100.0 cm³/mol. The van der Waals surface area contributed by atoms with Crippen molar-refractivity contribution in [3.05, 3.63) is 59.9 Å². The summed E-state index contributed by atoms with van der Waals surface area (Å²) < 4.78 is 18.3. The molecule has 0 spiro atoms. The first-order chi connectivity index (χ1) is 12.6. The van der Waals surface area contributed by atoms with Gasteiger partial charge < -0.3 is 19.9 Å². The summed E-state index contributed by atoms with van der Waals surface area (Å²) in [6.07, 6.45) is 0. The molecule has 2 aromatic rings. The van der Waals surface area contributed by atoms with Crippen molar-refractivity contribution in [2.45, 2.75) is 6.54 Å². The Bertz CT molecular complexity index is 713. The highest BCUT2D eigenvalue weighted by molar-refractivity contribution is 5.91. The lowest BCUT2D eigenvalue weighted by molar-refractivity contribution is -0.885. The second-order valence-electron chi connectivity index (χ2n) is 6.63. The minimum Gasteiger partial charge on any atom is -0.378 e. The van der Waals surface area contributed by atoms with Gasteiger partial charge in [-0.25, -0.2) is 4.39 Å². The van der Waals surface area contributed by atoms with Gasteiger partial charge in [0, 0.05) is 30.0 Å². The van der Waals surface area contributed by atoms with E-state index >= 15 is 0 Å². The number of ether oxygens (including phenoxy) is 1. The molecule has 1 fully saturated rings. The Hall–Kier alpha value is -2.44. The summed E-state index contributed by atoms with van der Waals surface area (Å²) in [4.78, 5) is 15.5. The van der Waals surface area contributed by atoms with Gasteiger partial charge >= 0.3 is 0 Å². The van der Waals surface area contributed by atoms with Gasteiger partial charge in [0.05, 0.1) is 20.3 Å². The van der Waals surface area contributed by atoms with Crippen molar-refractivity contribution in [3.63, 3.8) is 0 Å². The third-order valence-electron chi connectivity index (χ3n) is 4.41. The number of rotatable bonds is 6. The van der Waals surface area contributed by atoms with E-state index in [1.54, 1.807) is 12.1 Å². The van der Waals surface area contributed by atoms with Crippen molar-refractivity contribution in [2.75, 3.05) is 50.1 Å². The molecule has 2 N–H and O–H groups in total. The maximum atomic E-state index is 12.9. The summed E-state index contributed by atoms with van der Waals surface area (Å²) in [5, 5.41) is 2.93. The van der Waals surface area contributed by atoms with Gasteiger partial charge in [-0.1, -0.05) is 12.1 Å². The number of halogens is 1. The third kappa shape index (κ3) is 5.28. The van der Waals surface area contributed by atoms with Crippen molar-refractivity contribution in [2.24, 2.45) is 0 Å². The summed E-state index contributed by atoms with van der Waals surface area (Å²) in [5.74, 6) is -0.284. The molecule has 0 radical (unpaired) electrons. The van der Waals surface area contributed by atoms with E-state index in [-0.39, 0.29) is 11.7 Å². The monoisotopic (exact) mass is 358 g/mol. The van der Waals surface area contributed by atoms with Gasteiger partial charge in [0.2, 0.25) is 0 Å². The van der Waals surface area contributed by atoms with Crippen molar-refractivity contribution >= 4 is 17.3 Å². The average molecular weight is 358 g/mol. The largest absolute Gasteiger partial charge is 0.378 e. The van der Waals surface area contributed by atoms with E-state index in [1.165, 1.54) is 12.1 Å². The highest BCUT2D eigenvalue weighted by Gasteiger charge is 2.13. The number of carbonyl (C=O) groups is 1. The molecule has 0 aromatic heterocycles. The van der Waals surface area contributed by atoms with Crippen LogP contribution >= 0.6 is 0 Å². The van der Waals surface area contributed by atoms with Crippen LogP contribution in [-0.4, -0.2) is 45.8 Å². The second-order valence-corrected chi connectivity index (χ2v) is 6.63. The standard InChI is InChI=1S/C20H24FN3O2/c1-23(14-16-2-4-17(21)5-3-16)15-20(25)22-18-6-8-19(9-7-18)24-10-12-26-13-11-24/h2-9H,10-15H2,1H3,(H,22,25)/p+1. The number of amides is 1. The summed E-state index contributed by atoms with van der Waals surface area (Å²) in [7, 11) is 1.95. The molecule has 3 rings (SSSR count). The number of nitrogens with zero attached hydrogens (tertiary/aromatic N) is 1. The maximum absolute atomic E-state index is 12.9. The lowest BCUT2D eigenvalue weighted by Crippen LogP contribution is -3.08. The van der Waals surface area contributed by atoms with Gasteiger partial charge in [-0.05, 0) is 36.4 Å². The number of carbonyl (C=O) groups excluding carboxylic acids is 1. The molecule has 138 valence electrons. The fraction of sp³-hybridized carbons (Fsp3) is 0.350. The molecular formula is C20H25FN3O2+. The molecule has 2 aromatic carbocycles. The number of morpholine rings is 1. The zero-order chi connectivity index (χ0) is 18.4. The smallest absolute Gasteiger partial charge is 0.279 e. The summed E-state index contributed by atoms with van der Waals surface area (Å²) in [6.45, 7) is 4.31. The van der Waals surface area contributed by atoms with Gasteiger partial charge in [-0.3, -0.25) is 4.79 Å². The maximum Gasteiger partial charge on any atom is 0.279 e. The van der Waals surface area contributed by atoms with Gasteiger partial charge in [0.15, 0.2) is 6.54 Å². The molecule has 6 heteroatoms. The predicted octanol–water partition coefficient (Wildman–Crippen LogP) is 1.32. The van der Waals surface area contributed by atoms with Gasteiger partial charge in [-0.15, -0.1) is 0 Å².